The Balaban J connectivity index is 0.00000181. The maximum absolute atomic E-state index is 13.2. The average Bonchev–Trinajstić information content (AvgIpc) is 3.69. The summed E-state index contributed by atoms with van der Waals surface area (Å²) in [5.41, 5.74) is 6.29. The molecule has 1 aromatic carbocycles. The van der Waals surface area contributed by atoms with Crippen LogP contribution in [-0.4, -0.2) is 54.5 Å². The molecule has 5 rings (SSSR count). The molecule has 0 atom stereocenters. The number of carbonyl (C=O) groups is 2. The number of anilines is 2. The van der Waals surface area contributed by atoms with E-state index in [-0.39, 0.29) is 11.5 Å². The molecule has 10 heteroatoms. The van der Waals surface area contributed by atoms with Gasteiger partial charge in [0.1, 0.15) is 12.4 Å². The molecule has 216 valence electrons. The highest BCUT2D eigenvalue weighted by Gasteiger charge is 2.51. The highest BCUT2D eigenvalue weighted by molar-refractivity contribution is 7.12. The van der Waals surface area contributed by atoms with Crippen LogP contribution in [0.3, 0.4) is 0 Å². The minimum absolute atomic E-state index is 0.151. The molecule has 5 N–H and O–H groups in total. The zero-order valence-corrected chi connectivity index (χ0v) is 24.9. The zero-order valence-electron chi connectivity index (χ0n) is 23.3. The third kappa shape index (κ3) is 6.42. The number of hydrazine groups is 1. The molecule has 2 aromatic heterocycles. The Morgan fingerprint density at radius 2 is 1.77 bits per heavy atom. The van der Waals surface area contributed by atoms with E-state index in [0.29, 0.717) is 27.5 Å². The molecule has 8 nitrogen and oxygen atoms in total. The van der Waals surface area contributed by atoms with E-state index < -0.39 is 11.6 Å². The summed E-state index contributed by atoms with van der Waals surface area (Å²) in [6, 6.07) is 12.4. The summed E-state index contributed by atoms with van der Waals surface area (Å²) in [6.45, 7) is 7.64. The molecule has 3 heterocycles. The van der Waals surface area contributed by atoms with Gasteiger partial charge in [-0.2, -0.15) is 0 Å². The molecule has 1 saturated heterocycles. The summed E-state index contributed by atoms with van der Waals surface area (Å²) in [5, 5.41) is 16.8. The highest BCUT2D eigenvalue weighted by atomic mass is 32.1. The number of piperidine rings is 1. The maximum Gasteiger partial charge on any atom is 0.349 e. The number of hydrogen-bond donors (Lipinski definition) is 3. The number of ether oxygens (including phenoxy) is 1. The first-order valence-corrected chi connectivity index (χ1v) is 15.7. The second kappa shape index (κ2) is 13.3. The third-order valence-corrected chi connectivity index (χ3v) is 9.89. The SMILES string of the molecule is CC.Nc1cc(C=O)ccc1N(N)CCCN1CCC2(CC1)CC(OC(=O)C(O)(c1cccs1)c1cccs1)C2. The van der Waals surface area contributed by atoms with E-state index in [2.05, 4.69) is 4.90 Å². The Hall–Kier alpha value is -2.76. The number of esters is 1. The first-order chi connectivity index (χ1) is 19.3. The second-order valence-electron chi connectivity index (χ2n) is 10.4. The average molecular weight is 585 g/mol. The molecule has 2 aliphatic rings. The van der Waals surface area contributed by atoms with Crippen molar-refractivity contribution in [1.29, 1.82) is 0 Å². The van der Waals surface area contributed by atoms with Crippen molar-refractivity contribution < 1.29 is 19.4 Å². The predicted molar refractivity (Wildman–Crippen MR) is 163 cm³/mol. The smallest absolute Gasteiger partial charge is 0.349 e. The number of aldehydes is 1. The van der Waals surface area contributed by atoms with Gasteiger partial charge in [0.05, 0.1) is 21.1 Å². The molecule has 1 spiro atoms. The lowest BCUT2D eigenvalue weighted by molar-refractivity contribution is -0.181. The van der Waals surface area contributed by atoms with Crippen LogP contribution >= 0.6 is 22.7 Å². The predicted octanol–water partition coefficient (Wildman–Crippen LogP) is 5.02. The Bertz CT molecular complexity index is 1200. The molecule has 0 unspecified atom stereocenters. The van der Waals surface area contributed by atoms with Crippen LogP contribution in [0.5, 0.6) is 0 Å². The molecule has 2 fully saturated rings. The number of hydrogen-bond acceptors (Lipinski definition) is 10. The summed E-state index contributed by atoms with van der Waals surface area (Å²) in [5.74, 6) is 5.64. The Morgan fingerprint density at radius 1 is 1.15 bits per heavy atom. The van der Waals surface area contributed by atoms with E-state index in [0.717, 1.165) is 63.7 Å². The summed E-state index contributed by atoms with van der Waals surface area (Å²) >= 11 is 2.72. The minimum atomic E-state index is -1.74. The highest BCUT2D eigenvalue weighted by Crippen LogP contribution is 2.51. The van der Waals surface area contributed by atoms with Crippen molar-refractivity contribution >= 4 is 46.3 Å². The number of likely N-dealkylation sites (tertiary alicyclic amines) is 1. The van der Waals surface area contributed by atoms with Crippen molar-refractivity contribution in [2.45, 2.75) is 57.7 Å². The summed E-state index contributed by atoms with van der Waals surface area (Å²) in [6.07, 6.45) is 5.38. The number of thiophene rings is 2. The van der Waals surface area contributed by atoms with Gasteiger partial charge in [-0.25, -0.2) is 10.6 Å². The van der Waals surface area contributed by atoms with Crippen LogP contribution < -0.4 is 16.6 Å². The lowest BCUT2D eigenvalue weighted by atomic mass is 9.61. The molecule has 0 bridgehead atoms. The first-order valence-electron chi connectivity index (χ1n) is 13.9. The van der Waals surface area contributed by atoms with Crippen molar-refractivity contribution in [2.75, 3.05) is 36.9 Å². The second-order valence-corrected chi connectivity index (χ2v) is 12.3. The van der Waals surface area contributed by atoms with Crippen molar-refractivity contribution in [3.05, 3.63) is 68.5 Å². The normalized spacial score (nSPS) is 17.0. The van der Waals surface area contributed by atoms with E-state index in [9.17, 15) is 14.7 Å². The summed E-state index contributed by atoms with van der Waals surface area (Å²) < 4.78 is 5.87. The third-order valence-electron chi connectivity index (χ3n) is 7.93. The number of aliphatic hydroxyl groups is 1. The van der Waals surface area contributed by atoms with Crippen molar-refractivity contribution in [2.24, 2.45) is 11.3 Å². The largest absolute Gasteiger partial charge is 0.460 e. The summed E-state index contributed by atoms with van der Waals surface area (Å²) in [7, 11) is 0. The number of nitrogen functional groups attached to an aromatic ring is 1. The number of nitrogens with two attached hydrogens (primary N) is 2. The van der Waals surface area contributed by atoms with E-state index >= 15 is 0 Å². The van der Waals surface area contributed by atoms with Gasteiger partial charge in [-0.3, -0.25) is 4.79 Å². The van der Waals surface area contributed by atoms with Crippen LogP contribution in [0.25, 0.3) is 0 Å². The molecule has 1 aliphatic carbocycles. The molecule has 1 saturated carbocycles. The van der Waals surface area contributed by atoms with Gasteiger partial charge in [0, 0.05) is 12.1 Å². The van der Waals surface area contributed by atoms with Crippen molar-refractivity contribution in [1.82, 2.24) is 4.90 Å². The number of rotatable bonds is 10. The van der Waals surface area contributed by atoms with Crippen LogP contribution in [0.2, 0.25) is 0 Å². The van der Waals surface area contributed by atoms with Gasteiger partial charge in [0.2, 0.25) is 5.60 Å². The van der Waals surface area contributed by atoms with Gasteiger partial charge in [0.15, 0.2) is 0 Å². The number of benzene rings is 1. The van der Waals surface area contributed by atoms with E-state index in [1.807, 2.05) is 36.7 Å². The maximum atomic E-state index is 13.2. The topological polar surface area (TPSA) is 122 Å². The Morgan fingerprint density at radius 3 is 2.30 bits per heavy atom. The molecule has 1 aliphatic heterocycles. The van der Waals surface area contributed by atoms with Crippen LogP contribution in [-0.2, 0) is 15.1 Å². The van der Waals surface area contributed by atoms with Gasteiger partial charge in [-0.1, -0.05) is 26.0 Å². The fraction of sp³-hybridized carbons (Fsp3) is 0.467. The molecule has 40 heavy (non-hydrogen) atoms. The van der Waals surface area contributed by atoms with Gasteiger partial charge in [0.25, 0.3) is 0 Å². The summed E-state index contributed by atoms with van der Waals surface area (Å²) in [4.78, 5) is 27.8. The van der Waals surface area contributed by atoms with E-state index in [1.54, 1.807) is 35.3 Å². The fourth-order valence-electron chi connectivity index (χ4n) is 5.67. The van der Waals surface area contributed by atoms with Gasteiger partial charge < -0.3 is 25.5 Å². The molecule has 0 amide bonds. The molecule has 3 aromatic rings. The van der Waals surface area contributed by atoms with E-state index in [4.69, 9.17) is 16.3 Å². The van der Waals surface area contributed by atoms with Gasteiger partial charge in [-0.05, 0) is 98.2 Å². The lowest BCUT2D eigenvalue weighted by Gasteiger charge is -2.51. The quantitative estimate of drug-likeness (QED) is 0.0998. The minimum Gasteiger partial charge on any atom is -0.460 e. The molecular formula is C30H40N4O4S2. The van der Waals surface area contributed by atoms with Crippen molar-refractivity contribution in [3.63, 3.8) is 0 Å². The Labute approximate surface area is 244 Å². The molecular weight excluding hydrogens is 544 g/mol. The van der Waals surface area contributed by atoms with Gasteiger partial charge in [-0.15, -0.1) is 22.7 Å². The number of nitrogens with zero attached hydrogens (tertiary/aromatic N) is 2. The van der Waals surface area contributed by atoms with Crippen LogP contribution in [0, 0.1) is 5.41 Å². The standard InChI is InChI=1S/C28H34N4O4S2.C2H6/c29-22-16-20(19-33)6-7-23(22)32(30)11-3-10-31-12-8-27(9-13-31)17-21(18-27)36-26(34)28(35,24-4-1-14-37-24)25-5-2-15-38-25;1-2/h1-2,4-7,14-16,19,21,35H,3,8-13,17-18,29-30H2;1-2H3. The number of carbonyl (C=O) groups excluding carboxylic acids is 2. The molecule has 0 radical (unpaired) electrons. The lowest BCUT2D eigenvalue weighted by Crippen LogP contribution is -2.52. The first kappa shape index (κ1) is 30.2. The van der Waals surface area contributed by atoms with Crippen LogP contribution in [0.4, 0.5) is 11.4 Å². The Kier molecular flexibility index (Phi) is 10.0. The van der Waals surface area contributed by atoms with E-state index in [1.165, 1.54) is 22.7 Å². The monoisotopic (exact) mass is 584 g/mol. The fourth-order valence-corrected chi connectivity index (χ4v) is 7.38. The van der Waals surface area contributed by atoms with Crippen molar-refractivity contribution in [3.8, 4) is 0 Å². The zero-order chi connectivity index (χ0) is 28.8. The van der Waals surface area contributed by atoms with Gasteiger partial charge >= 0.3 is 5.97 Å². The van der Waals surface area contributed by atoms with Crippen LogP contribution in [0.1, 0.15) is 66.1 Å². The van der Waals surface area contributed by atoms with Crippen LogP contribution in [0.15, 0.2) is 53.2 Å².